The summed E-state index contributed by atoms with van der Waals surface area (Å²) in [4.78, 5) is 18.3. The first kappa shape index (κ1) is 11.5. The largest absolute Gasteiger partial charge is 0.384 e. The summed E-state index contributed by atoms with van der Waals surface area (Å²) in [6.07, 6.45) is 5.03. The van der Waals surface area contributed by atoms with E-state index in [1.54, 1.807) is 18.3 Å². The van der Waals surface area contributed by atoms with Crippen molar-refractivity contribution in [2.45, 2.75) is 31.3 Å². The van der Waals surface area contributed by atoms with E-state index in [1.807, 2.05) is 4.90 Å². The Kier molecular flexibility index (Phi) is 2.91. The minimum atomic E-state index is 0.0665. The molecule has 1 aromatic rings. The summed E-state index contributed by atoms with van der Waals surface area (Å²) in [6.45, 7) is 1.64. The number of fused-ring (bicyclic) bond motifs is 2. The summed E-state index contributed by atoms with van der Waals surface area (Å²) in [5, 5.41) is 3.57. The van der Waals surface area contributed by atoms with Crippen molar-refractivity contribution in [3.05, 3.63) is 23.9 Å². The Labute approximate surface area is 106 Å². The molecule has 3 rings (SSSR count). The number of pyridine rings is 1. The molecule has 2 aliphatic rings. The topological polar surface area (TPSA) is 71.2 Å². The van der Waals surface area contributed by atoms with E-state index < -0.39 is 0 Å². The molecule has 1 aromatic heterocycles. The first-order chi connectivity index (χ1) is 8.72. The number of nitrogens with two attached hydrogens (primary N) is 1. The molecular weight excluding hydrogens is 228 g/mol. The summed E-state index contributed by atoms with van der Waals surface area (Å²) < 4.78 is 0. The van der Waals surface area contributed by atoms with Gasteiger partial charge in [-0.05, 0) is 31.4 Å². The summed E-state index contributed by atoms with van der Waals surface area (Å²) in [5.41, 5.74) is 6.16. The number of hydrogen-bond donors (Lipinski definition) is 2. The Morgan fingerprint density at radius 2 is 2.17 bits per heavy atom. The number of amides is 1. The van der Waals surface area contributed by atoms with Gasteiger partial charge >= 0.3 is 0 Å². The lowest BCUT2D eigenvalue weighted by Gasteiger charge is -2.24. The lowest BCUT2D eigenvalue weighted by Crippen LogP contribution is -2.39. The first-order valence-electron chi connectivity index (χ1n) is 6.49. The van der Waals surface area contributed by atoms with E-state index in [9.17, 15) is 4.79 Å². The minimum Gasteiger partial charge on any atom is -0.384 e. The van der Waals surface area contributed by atoms with Gasteiger partial charge in [-0.2, -0.15) is 0 Å². The standard InChI is InChI=1S/C13H18N4O/c14-12-4-1-9(7-15-12)13(18)17-6-5-10-2-3-11(8-17)16-10/h1,4,7,10-11,16H,2-3,5-6,8H2,(H2,14,15). The molecule has 2 aliphatic heterocycles. The van der Waals surface area contributed by atoms with Crippen LogP contribution in [0.25, 0.3) is 0 Å². The van der Waals surface area contributed by atoms with E-state index in [0.717, 1.165) is 19.5 Å². The summed E-state index contributed by atoms with van der Waals surface area (Å²) in [6, 6.07) is 4.48. The predicted octanol–water partition coefficient (Wildman–Crippen LogP) is 0.630. The molecule has 0 radical (unpaired) electrons. The molecule has 2 atom stereocenters. The van der Waals surface area contributed by atoms with Crippen LogP contribution in [0, 0.1) is 0 Å². The van der Waals surface area contributed by atoms with Crippen LogP contribution in [0.3, 0.4) is 0 Å². The van der Waals surface area contributed by atoms with Gasteiger partial charge in [-0.1, -0.05) is 0 Å². The van der Waals surface area contributed by atoms with Gasteiger partial charge in [-0.3, -0.25) is 4.79 Å². The molecular formula is C13H18N4O. The van der Waals surface area contributed by atoms with Gasteiger partial charge in [0.05, 0.1) is 5.56 Å². The molecule has 0 aromatic carbocycles. The number of carbonyl (C=O) groups is 1. The third-order valence-corrected chi connectivity index (χ3v) is 3.84. The van der Waals surface area contributed by atoms with E-state index in [1.165, 1.54) is 12.8 Å². The van der Waals surface area contributed by atoms with E-state index >= 15 is 0 Å². The molecule has 2 saturated heterocycles. The van der Waals surface area contributed by atoms with Crippen LogP contribution in [0.4, 0.5) is 5.82 Å². The summed E-state index contributed by atoms with van der Waals surface area (Å²) >= 11 is 0. The van der Waals surface area contributed by atoms with Crippen LogP contribution >= 0.6 is 0 Å². The van der Waals surface area contributed by atoms with Crippen LogP contribution < -0.4 is 11.1 Å². The number of rotatable bonds is 1. The third kappa shape index (κ3) is 2.18. The van der Waals surface area contributed by atoms with Crippen molar-refractivity contribution < 1.29 is 4.79 Å². The highest BCUT2D eigenvalue weighted by Gasteiger charge is 2.31. The Balaban J connectivity index is 1.74. The second-order valence-corrected chi connectivity index (χ2v) is 5.15. The number of aromatic nitrogens is 1. The molecule has 96 valence electrons. The molecule has 3 N–H and O–H groups in total. The van der Waals surface area contributed by atoms with Gasteiger partial charge < -0.3 is 16.0 Å². The van der Waals surface area contributed by atoms with Crippen molar-refractivity contribution in [1.29, 1.82) is 0 Å². The Morgan fingerprint density at radius 3 is 2.94 bits per heavy atom. The number of nitrogens with zero attached hydrogens (tertiary/aromatic N) is 2. The summed E-state index contributed by atoms with van der Waals surface area (Å²) in [5.74, 6) is 0.514. The zero-order valence-corrected chi connectivity index (χ0v) is 10.3. The molecule has 5 heteroatoms. The van der Waals surface area contributed by atoms with E-state index in [4.69, 9.17) is 5.73 Å². The third-order valence-electron chi connectivity index (χ3n) is 3.84. The molecule has 0 spiro atoms. The summed E-state index contributed by atoms with van der Waals surface area (Å²) in [7, 11) is 0. The second-order valence-electron chi connectivity index (χ2n) is 5.15. The van der Waals surface area contributed by atoms with Crippen molar-refractivity contribution >= 4 is 11.7 Å². The van der Waals surface area contributed by atoms with E-state index in [0.29, 0.717) is 23.5 Å². The van der Waals surface area contributed by atoms with Crippen LogP contribution in [0.5, 0.6) is 0 Å². The highest BCUT2D eigenvalue weighted by Crippen LogP contribution is 2.21. The van der Waals surface area contributed by atoms with Crippen LogP contribution in [0.2, 0.25) is 0 Å². The maximum absolute atomic E-state index is 12.4. The molecule has 1 amide bonds. The monoisotopic (exact) mass is 246 g/mol. The molecule has 2 bridgehead atoms. The number of hydrogen-bond acceptors (Lipinski definition) is 4. The van der Waals surface area contributed by atoms with Crippen molar-refractivity contribution in [1.82, 2.24) is 15.2 Å². The van der Waals surface area contributed by atoms with Gasteiger partial charge in [0.2, 0.25) is 0 Å². The second kappa shape index (κ2) is 4.57. The Bertz CT molecular complexity index is 445. The number of anilines is 1. The highest BCUT2D eigenvalue weighted by atomic mass is 16.2. The number of likely N-dealkylation sites (tertiary alicyclic amines) is 1. The number of nitrogens with one attached hydrogen (secondary N) is 1. The van der Waals surface area contributed by atoms with Crippen molar-refractivity contribution in [3.8, 4) is 0 Å². The maximum atomic E-state index is 12.4. The number of carbonyl (C=O) groups excluding carboxylic acids is 1. The molecule has 3 heterocycles. The molecule has 18 heavy (non-hydrogen) atoms. The van der Waals surface area contributed by atoms with Gasteiger partial charge in [-0.25, -0.2) is 4.98 Å². The van der Waals surface area contributed by atoms with E-state index in [2.05, 4.69) is 10.3 Å². The normalized spacial score (nSPS) is 27.0. The number of nitrogen functional groups attached to an aromatic ring is 1. The van der Waals surface area contributed by atoms with Gasteiger partial charge in [0.1, 0.15) is 5.82 Å². The van der Waals surface area contributed by atoms with Gasteiger partial charge in [0.15, 0.2) is 0 Å². The zero-order valence-electron chi connectivity index (χ0n) is 10.3. The van der Waals surface area contributed by atoms with Crippen LogP contribution in [-0.2, 0) is 0 Å². The van der Waals surface area contributed by atoms with Gasteiger partial charge in [-0.15, -0.1) is 0 Å². The van der Waals surface area contributed by atoms with Gasteiger partial charge in [0, 0.05) is 31.4 Å². The van der Waals surface area contributed by atoms with Crippen LogP contribution in [0.1, 0.15) is 29.6 Å². The molecule has 2 unspecified atom stereocenters. The van der Waals surface area contributed by atoms with Crippen LogP contribution in [-0.4, -0.2) is 41.0 Å². The van der Waals surface area contributed by atoms with Gasteiger partial charge in [0.25, 0.3) is 5.91 Å². The quantitative estimate of drug-likeness (QED) is 0.762. The Hall–Kier alpha value is -1.62. The average Bonchev–Trinajstić information content (AvgIpc) is 2.69. The van der Waals surface area contributed by atoms with Crippen molar-refractivity contribution in [3.63, 3.8) is 0 Å². The minimum absolute atomic E-state index is 0.0665. The first-order valence-corrected chi connectivity index (χ1v) is 6.49. The molecule has 5 nitrogen and oxygen atoms in total. The fraction of sp³-hybridized carbons (Fsp3) is 0.538. The molecule has 0 aliphatic carbocycles. The molecule has 2 fully saturated rings. The zero-order chi connectivity index (χ0) is 12.5. The molecule has 0 saturated carbocycles. The fourth-order valence-corrected chi connectivity index (χ4v) is 2.84. The average molecular weight is 246 g/mol. The SMILES string of the molecule is Nc1ccc(C(=O)N2CCC3CCC(C2)N3)cn1. The lowest BCUT2D eigenvalue weighted by molar-refractivity contribution is 0.0748. The van der Waals surface area contributed by atoms with Crippen molar-refractivity contribution in [2.75, 3.05) is 18.8 Å². The van der Waals surface area contributed by atoms with E-state index in [-0.39, 0.29) is 5.91 Å². The fourth-order valence-electron chi connectivity index (χ4n) is 2.84. The predicted molar refractivity (Wildman–Crippen MR) is 69.1 cm³/mol. The van der Waals surface area contributed by atoms with Crippen LogP contribution in [0.15, 0.2) is 18.3 Å². The smallest absolute Gasteiger partial charge is 0.255 e. The van der Waals surface area contributed by atoms with Crippen molar-refractivity contribution in [2.24, 2.45) is 0 Å². The lowest BCUT2D eigenvalue weighted by atomic mass is 10.1. The Morgan fingerprint density at radius 1 is 1.33 bits per heavy atom. The maximum Gasteiger partial charge on any atom is 0.255 e. The highest BCUT2D eigenvalue weighted by molar-refractivity contribution is 5.94.